The highest BCUT2D eigenvalue weighted by molar-refractivity contribution is 5.87. The van der Waals surface area contributed by atoms with Crippen LogP contribution in [0, 0.1) is 0 Å². The SMILES string of the molecule is CN(C)CCCN1CCN(C(=O)C(c2ccccc2)c2ccccc2)CC1. The summed E-state index contributed by atoms with van der Waals surface area (Å²) in [7, 11) is 4.23. The third-order valence-corrected chi connectivity index (χ3v) is 5.28. The molecule has 1 heterocycles. The number of hydrogen-bond donors (Lipinski definition) is 0. The molecule has 0 radical (unpaired) electrons. The number of carbonyl (C=O) groups is 1. The minimum atomic E-state index is -0.215. The van der Waals surface area contributed by atoms with E-state index in [9.17, 15) is 4.79 Å². The topological polar surface area (TPSA) is 26.8 Å². The normalized spacial score (nSPS) is 15.5. The Morgan fingerprint density at radius 2 is 1.41 bits per heavy atom. The maximum atomic E-state index is 13.4. The highest BCUT2D eigenvalue weighted by Gasteiger charge is 2.29. The minimum Gasteiger partial charge on any atom is -0.339 e. The highest BCUT2D eigenvalue weighted by Crippen LogP contribution is 2.27. The van der Waals surface area contributed by atoms with Gasteiger partial charge in [0.05, 0.1) is 5.92 Å². The molecule has 0 unspecified atom stereocenters. The number of rotatable bonds is 7. The van der Waals surface area contributed by atoms with Crippen molar-refractivity contribution in [2.24, 2.45) is 0 Å². The third kappa shape index (κ3) is 5.41. The van der Waals surface area contributed by atoms with Crippen LogP contribution in [0.1, 0.15) is 23.5 Å². The van der Waals surface area contributed by atoms with Gasteiger partial charge < -0.3 is 9.80 Å². The molecule has 1 saturated heterocycles. The van der Waals surface area contributed by atoms with Crippen molar-refractivity contribution < 1.29 is 4.79 Å². The van der Waals surface area contributed by atoms with Crippen LogP contribution in [0.3, 0.4) is 0 Å². The summed E-state index contributed by atoms with van der Waals surface area (Å²) in [5, 5.41) is 0. The summed E-state index contributed by atoms with van der Waals surface area (Å²) in [6.45, 7) is 5.79. The zero-order valence-corrected chi connectivity index (χ0v) is 16.6. The fourth-order valence-corrected chi connectivity index (χ4v) is 3.75. The lowest BCUT2D eigenvalue weighted by atomic mass is 9.90. The summed E-state index contributed by atoms with van der Waals surface area (Å²) in [6, 6.07) is 20.3. The van der Waals surface area contributed by atoms with E-state index in [2.05, 4.69) is 48.2 Å². The van der Waals surface area contributed by atoms with Gasteiger partial charge in [0.2, 0.25) is 5.91 Å². The molecule has 4 nitrogen and oxygen atoms in total. The molecular weight excluding hydrogens is 334 g/mol. The van der Waals surface area contributed by atoms with Gasteiger partial charge in [-0.05, 0) is 44.7 Å². The van der Waals surface area contributed by atoms with E-state index in [1.807, 2.05) is 41.3 Å². The van der Waals surface area contributed by atoms with E-state index in [0.717, 1.165) is 50.4 Å². The monoisotopic (exact) mass is 365 g/mol. The number of nitrogens with zero attached hydrogens (tertiary/aromatic N) is 3. The van der Waals surface area contributed by atoms with Crippen molar-refractivity contribution in [2.45, 2.75) is 12.3 Å². The van der Waals surface area contributed by atoms with Crippen LogP contribution in [0.5, 0.6) is 0 Å². The molecule has 0 aromatic heterocycles. The van der Waals surface area contributed by atoms with Crippen LogP contribution in [0.15, 0.2) is 60.7 Å². The summed E-state index contributed by atoms with van der Waals surface area (Å²) < 4.78 is 0. The summed E-state index contributed by atoms with van der Waals surface area (Å²) in [5.74, 6) is 0.00744. The second-order valence-electron chi connectivity index (χ2n) is 7.58. The van der Waals surface area contributed by atoms with Crippen LogP contribution in [-0.4, -0.2) is 74.0 Å². The highest BCUT2D eigenvalue weighted by atomic mass is 16.2. The van der Waals surface area contributed by atoms with Gasteiger partial charge in [-0.2, -0.15) is 0 Å². The van der Waals surface area contributed by atoms with Crippen molar-refractivity contribution in [1.29, 1.82) is 0 Å². The van der Waals surface area contributed by atoms with E-state index in [1.165, 1.54) is 6.42 Å². The lowest BCUT2D eigenvalue weighted by Crippen LogP contribution is -2.50. The fraction of sp³-hybridized carbons (Fsp3) is 0.435. The number of carbonyl (C=O) groups excluding carboxylic acids is 1. The molecule has 1 aliphatic rings. The molecule has 0 N–H and O–H groups in total. The lowest BCUT2D eigenvalue weighted by molar-refractivity contribution is -0.133. The molecule has 0 bridgehead atoms. The molecule has 0 spiro atoms. The quantitative estimate of drug-likeness (QED) is 0.755. The molecule has 4 heteroatoms. The fourth-order valence-electron chi connectivity index (χ4n) is 3.75. The number of hydrogen-bond acceptors (Lipinski definition) is 3. The van der Waals surface area contributed by atoms with Crippen molar-refractivity contribution in [3.8, 4) is 0 Å². The van der Waals surface area contributed by atoms with Gasteiger partial charge in [0, 0.05) is 26.2 Å². The second kappa shape index (κ2) is 9.67. The summed E-state index contributed by atoms with van der Waals surface area (Å²) in [4.78, 5) is 20.2. The lowest BCUT2D eigenvalue weighted by Gasteiger charge is -2.36. The van der Waals surface area contributed by atoms with Crippen molar-refractivity contribution in [3.05, 3.63) is 71.8 Å². The number of piperazine rings is 1. The van der Waals surface area contributed by atoms with Crippen LogP contribution in [-0.2, 0) is 4.79 Å². The Kier molecular flexibility index (Phi) is 7.02. The van der Waals surface area contributed by atoms with Crippen LogP contribution >= 0.6 is 0 Å². The second-order valence-corrected chi connectivity index (χ2v) is 7.58. The van der Waals surface area contributed by atoms with Gasteiger partial charge in [0.1, 0.15) is 0 Å². The molecule has 1 aliphatic heterocycles. The van der Waals surface area contributed by atoms with Crippen LogP contribution in [0.4, 0.5) is 0 Å². The Bertz CT molecular complexity index is 655. The van der Waals surface area contributed by atoms with Gasteiger partial charge in [0.25, 0.3) is 0 Å². The Morgan fingerprint density at radius 1 is 0.889 bits per heavy atom. The Labute approximate surface area is 163 Å². The Hall–Kier alpha value is -2.17. The van der Waals surface area contributed by atoms with E-state index >= 15 is 0 Å². The molecule has 27 heavy (non-hydrogen) atoms. The molecule has 0 atom stereocenters. The van der Waals surface area contributed by atoms with Crippen LogP contribution < -0.4 is 0 Å². The third-order valence-electron chi connectivity index (χ3n) is 5.28. The first-order chi connectivity index (χ1) is 13.1. The first-order valence-electron chi connectivity index (χ1n) is 9.91. The maximum Gasteiger partial charge on any atom is 0.234 e. The molecule has 2 aromatic carbocycles. The van der Waals surface area contributed by atoms with Crippen molar-refractivity contribution >= 4 is 5.91 Å². The van der Waals surface area contributed by atoms with Gasteiger partial charge in [0.15, 0.2) is 0 Å². The van der Waals surface area contributed by atoms with Gasteiger partial charge in [-0.25, -0.2) is 0 Å². The van der Waals surface area contributed by atoms with Gasteiger partial charge in [-0.3, -0.25) is 9.69 Å². The molecule has 0 aliphatic carbocycles. The molecule has 0 saturated carbocycles. The number of amides is 1. The van der Waals surface area contributed by atoms with Gasteiger partial charge in [-0.1, -0.05) is 60.7 Å². The van der Waals surface area contributed by atoms with E-state index in [-0.39, 0.29) is 11.8 Å². The molecule has 1 amide bonds. The number of benzene rings is 2. The first kappa shape index (κ1) is 19.6. The van der Waals surface area contributed by atoms with Crippen molar-refractivity contribution in [2.75, 3.05) is 53.4 Å². The smallest absolute Gasteiger partial charge is 0.234 e. The molecule has 3 rings (SSSR count). The standard InChI is InChI=1S/C23H31N3O/c1-24(2)14-9-15-25-16-18-26(19-17-25)23(27)22(20-10-5-3-6-11-20)21-12-7-4-8-13-21/h3-8,10-13,22H,9,14-19H2,1-2H3. The average molecular weight is 366 g/mol. The van der Waals surface area contributed by atoms with Crippen LogP contribution in [0.2, 0.25) is 0 Å². The molecular formula is C23H31N3O. The zero-order valence-electron chi connectivity index (χ0n) is 16.6. The van der Waals surface area contributed by atoms with Crippen LogP contribution in [0.25, 0.3) is 0 Å². The summed E-state index contributed by atoms with van der Waals surface area (Å²) in [5.41, 5.74) is 2.14. The van der Waals surface area contributed by atoms with E-state index in [0.29, 0.717) is 0 Å². The largest absolute Gasteiger partial charge is 0.339 e. The Balaban J connectivity index is 1.66. The zero-order chi connectivity index (χ0) is 19.1. The maximum absolute atomic E-state index is 13.4. The van der Waals surface area contributed by atoms with Crippen molar-refractivity contribution in [3.63, 3.8) is 0 Å². The molecule has 2 aromatic rings. The van der Waals surface area contributed by atoms with Crippen molar-refractivity contribution in [1.82, 2.24) is 14.7 Å². The van der Waals surface area contributed by atoms with Gasteiger partial charge >= 0.3 is 0 Å². The minimum absolute atomic E-state index is 0.215. The summed E-state index contributed by atoms with van der Waals surface area (Å²) in [6.07, 6.45) is 1.18. The predicted molar refractivity (Wildman–Crippen MR) is 111 cm³/mol. The van der Waals surface area contributed by atoms with E-state index in [4.69, 9.17) is 0 Å². The van der Waals surface area contributed by atoms with Gasteiger partial charge in [-0.15, -0.1) is 0 Å². The summed E-state index contributed by atoms with van der Waals surface area (Å²) >= 11 is 0. The Morgan fingerprint density at radius 3 is 1.89 bits per heavy atom. The predicted octanol–water partition coefficient (Wildman–Crippen LogP) is 2.91. The average Bonchev–Trinajstić information content (AvgIpc) is 2.70. The first-order valence-corrected chi connectivity index (χ1v) is 9.91. The van der Waals surface area contributed by atoms with E-state index < -0.39 is 0 Å². The van der Waals surface area contributed by atoms with E-state index in [1.54, 1.807) is 0 Å². The molecule has 1 fully saturated rings. The molecule has 144 valence electrons.